The van der Waals surface area contributed by atoms with E-state index in [0.717, 1.165) is 19.6 Å². The number of nitrogens with one attached hydrogen (secondary N) is 1. The maximum Gasteiger partial charge on any atom is 0.107 e. The van der Waals surface area contributed by atoms with E-state index in [4.69, 9.17) is 9.47 Å². The Kier molecular flexibility index (Phi) is 11.9. The molecule has 0 aromatic heterocycles. The van der Waals surface area contributed by atoms with E-state index in [1.807, 2.05) is 0 Å². The van der Waals surface area contributed by atoms with Crippen LogP contribution in [0.3, 0.4) is 0 Å². The summed E-state index contributed by atoms with van der Waals surface area (Å²) in [6, 6.07) is 0.516. The lowest BCUT2D eigenvalue weighted by Crippen LogP contribution is -2.27. The average molecular weight is 283 g/mol. The van der Waals surface area contributed by atoms with Crippen LogP contribution in [0.5, 0.6) is 0 Å². The molecular formula is C17H33NO2. The molecule has 20 heavy (non-hydrogen) atoms. The Hall–Kier alpha value is -0.560. The molecule has 0 saturated carbocycles. The molecule has 0 rings (SSSR count). The first-order chi connectivity index (χ1) is 9.48. The van der Waals surface area contributed by atoms with Crippen molar-refractivity contribution in [3.63, 3.8) is 0 Å². The molecule has 0 bridgehead atoms. The summed E-state index contributed by atoms with van der Waals surface area (Å²) in [7, 11) is 0. The molecule has 3 nitrogen and oxygen atoms in total. The molecule has 0 heterocycles. The van der Waals surface area contributed by atoms with Gasteiger partial charge in [0.15, 0.2) is 0 Å². The van der Waals surface area contributed by atoms with E-state index in [9.17, 15) is 0 Å². The third kappa shape index (κ3) is 13.9. The Labute approximate surface area is 125 Å². The molecule has 0 amide bonds. The summed E-state index contributed by atoms with van der Waals surface area (Å²) in [5, 5.41) is 3.30. The van der Waals surface area contributed by atoms with Gasteiger partial charge in [-0.15, -0.1) is 5.92 Å². The van der Waals surface area contributed by atoms with Gasteiger partial charge in [0.25, 0.3) is 0 Å². The third-order valence-electron chi connectivity index (χ3n) is 2.96. The van der Waals surface area contributed by atoms with Crippen molar-refractivity contribution in [3.05, 3.63) is 0 Å². The second-order valence-electron chi connectivity index (χ2n) is 6.22. The van der Waals surface area contributed by atoms with Crippen LogP contribution in [0.4, 0.5) is 0 Å². The standard InChI is InChI=1S/C17H33NO2/c1-6-9-17(4,5)10-7-8-12-19-14-15-20-13-11-18-16(2)3/h16,18H,6,9-15H2,1-5H3. The fourth-order valence-corrected chi connectivity index (χ4v) is 1.88. The van der Waals surface area contributed by atoms with Crippen molar-refractivity contribution in [1.29, 1.82) is 0 Å². The van der Waals surface area contributed by atoms with Gasteiger partial charge in [-0.25, -0.2) is 0 Å². The van der Waals surface area contributed by atoms with Gasteiger partial charge in [-0.1, -0.05) is 47.0 Å². The van der Waals surface area contributed by atoms with Gasteiger partial charge in [0.05, 0.1) is 19.8 Å². The van der Waals surface area contributed by atoms with Crippen LogP contribution in [-0.4, -0.2) is 39.0 Å². The van der Waals surface area contributed by atoms with E-state index in [0.29, 0.717) is 31.3 Å². The van der Waals surface area contributed by atoms with E-state index in [2.05, 4.69) is 51.8 Å². The van der Waals surface area contributed by atoms with Crippen molar-refractivity contribution >= 4 is 0 Å². The molecule has 0 aromatic carbocycles. The van der Waals surface area contributed by atoms with E-state index < -0.39 is 0 Å². The monoisotopic (exact) mass is 283 g/mol. The van der Waals surface area contributed by atoms with Crippen LogP contribution >= 0.6 is 0 Å². The summed E-state index contributed by atoms with van der Waals surface area (Å²) in [4.78, 5) is 0. The van der Waals surface area contributed by atoms with Crippen molar-refractivity contribution in [2.75, 3.05) is 33.0 Å². The number of ether oxygens (including phenoxy) is 2. The van der Waals surface area contributed by atoms with Gasteiger partial charge in [0.2, 0.25) is 0 Å². The minimum Gasteiger partial charge on any atom is -0.378 e. The van der Waals surface area contributed by atoms with Crippen LogP contribution in [0.15, 0.2) is 0 Å². The van der Waals surface area contributed by atoms with Gasteiger partial charge in [0, 0.05) is 19.0 Å². The molecule has 3 heteroatoms. The second kappa shape index (κ2) is 12.2. The highest BCUT2D eigenvalue weighted by molar-refractivity contribution is 5.01. The highest BCUT2D eigenvalue weighted by atomic mass is 16.5. The Morgan fingerprint density at radius 3 is 2.40 bits per heavy atom. The highest BCUT2D eigenvalue weighted by Crippen LogP contribution is 2.25. The van der Waals surface area contributed by atoms with Crippen LogP contribution in [0.2, 0.25) is 0 Å². The summed E-state index contributed by atoms with van der Waals surface area (Å²) in [6.45, 7) is 14.4. The van der Waals surface area contributed by atoms with E-state index in [1.54, 1.807) is 0 Å². The Balaban J connectivity index is 3.36. The van der Waals surface area contributed by atoms with Crippen molar-refractivity contribution in [2.24, 2.45) is 5.41 Å². The maximum absolute atomic E-state index is 5.44. The smallest absolute Gasteiger partial charge is 0.107 e. The minimum atomic E-state index is 0.328. The largest absolute Gasteiger partial charge is 0.378 e. The first-order valence-electron chi connectivity index (χ1n) is 7.82. The van der Waals surface area contributed by atoms with Crippen molar-refractivity contribution in [1.82, 2.24) is 5.32 Å². The topological polar surface area (TPSA) is 30.5 Å². The fraction of sp³-hybridized carbons (Fsp3) is 0.882. The molecule has 0 aliphatic heterocycles. The Morgan fingerprint density at radius 2 is 1.75 bits per heavy atom. The van der Waals surface area contributed by atoms with Crippen LogP contribution < -0.4 is 5.32 Å². The summed E-state index contributed by atoms with van der Waals surface area (Å²) >= 11 is 0. The highest BCUT2D eigenvalue weighted by Gasteiger charge is 2.14. The molecule has 1 N–H and O–H groups in total. The number of hydrogen-bond donors (Lipinski definition) is 1. The quantitative estimate of drug-likeness (QED) is 0.466. The zero-order chi connectivity index (χ0) is 15.3. The van der Waals surface area contributed by atoms with Gasteiger partial charge in [-0.3, -0.25) is 0 Å². The minimum absolute atomic E-state index is 0.328. The molecule has 0 spiro atoms. The third-order valence-corrected chi connectivity index (χ3v) is 2.96. The van der Waals surface area contributed by atoms with Crippen molar-refractivity contribution in [2.45, 2.75) is 59.9 Å². The lowest BCUT2D eigenvalue weighted by molar-refractivity contribution is 0.0608. The van der Waals surface area contributed by atoms with Gasteiger partial charge >= 0.3 is 0 Å². The Morgan fingerprint density at radius 1 is 1.05 bits per heavy atom. The first-order valence-corrected chi connectivity index (χ1v) is 7.82. The molecule has 118 valence electrons. The lowest BCUT2D eigenvalue weighted by atomic mass is 9.85. The predicted octanol–water partition coefficient (Wildman–Crippen LogP) is 3.24. The molecule has 0 aliphatic carbocycles. The zero-order valence-corrected chi connectivity index (χ0v) is 14.1. The first kappa shape index (κ1) is 19.4. The van der Waals surface area contributed by atoms with Gasteiger partial charge in [0.1, 0.15) is 6.61 Å². The molecule has 0 fully saturated rings. The van der Waals surface area contributed by atoms with E-state index in [1.165, 1.54) is 12.8 Å². The van der Waals surface area contributed by atoms with Gasteiger partial charge < -0.3 is 14.8 Å². The van der Waals surface area contributed by atoms with Crippen molar-refractivity contribution < 1.29 is 9.47 Å². The summed E-state index contributed by atoms with van der Waals surface area (Å²) in [6.07, 6.45) is 3.39. The molecule has 0 radical (unpaired) electrons. The fourth-order valence-electron chi connectivity index (χ4n) is 1.88. The molecule has 0 aliphatic rings. The second-order valence-corrected chi connectivity index (χ2v) is 6.22. The summed E-state index contributed by atoms with van der Waals surface area (Å²) in [5.41, 5.74) is 0.328. The Bertz CT molecular complexity index is 276. The average Bonchev–Trinajstić information content (AvgIpc) is 2.35. The molecular weight excluding hydrogens is 250 g/mol. The van der Waals surface area contributed by atoms with Crippen LogP contribution in [0.1, 0.15) is 53.9 Å². The predicted molar refractivity (Wildman–Crippen MR) is 85.9 cm³/mol. The lowest BCUT2D eigenvalue weighted by Gasteiger charge is -2.20. The number of rotatable bonds is 11. The summed E-state index contributed by atoms with van der Waals surface area (Å²) < 4.78 is 10.9. The normalized spacial score (nSPS) is 11.5. The zero-order valence-electron chi connectivity index (χ0n) is 14.1. The van der Waals surface area contributed by atoms with Gasteiger partial charge in [-0.05, 0) is 11.8 Å². The van der Waals surface area contributed by atoms with Crippen LogP contribution in [0.25, 0.3) is 0 Å². The molecule has 0 unspecified atom stereocenters. The van der Waals surface area contributed by atoms with Crippen LogP contribution in [-0.2, 0) is 9.47 Å². The maximum atomic E-state index is 5.44. The SMILES string of the molecule is CCCC(C)(C)CC#CCOCCOCCNC(C)C. The van der Waals surface area contributed by atoms with Crippen molar-refractivity contribution in [3.8, 4) is 11.8 Å². The molecule has 0 atom stereocenters. The van der Waals surface area contributed by atoms with Gasteiger partial charge in [-0.2, -0.15) is 0 Å². The van der Waals surface area contributed by atoms with E-state index >= 15 is 0 Å². The van der Waals surface area contributed by atoms with E-state index in [-0.39, 0.29) is 0 Å². The number of hydrogen-bond acceptors (Lipinski definition) is 3. The molecule has 0 aromatic rings. The summed E-state index contributed by atoms with van der Waals surface area (Å²) in [5.74, 6) is 6.29. The van der Waals surface area contributed by atoms with Crippen LogP contribution in [0, 0.1) is 17.3 Å². The molecule has 0 saturated heterocycles.